The van der Waals surface area contributed by atoms with Gasteiger partial charge in [-0.15, -0.1) is 0 Å². The normalized spacial score (nSPS) is 11.9. The van der Waals surface area contributed by atoms with Gasteiger partial charge in [0.05, 0.1) is 4.90 Å². The van der Waals surface area contributed by atoms with Crippen LogP contribution in [-0.2, 0) is 10.0 Å². The Kier molecular flexibility index (Phi) is 6.96. The largest absolute Gasteiger partial charge is 0.312 e. The zero-order valence-corrected chi connectivity index (χ0v) is 18.2. The van der Waals surface area contributed by atoms with E-state index in [1.165, 1.54) is 6.33 Å². The number of hydrogen-bond donors (Lipinski definition) is 2. The summed E-state index contributed by atoms with van der Waals surface area (Å²) in [6.45, 7) is 1.45. The minimum absolute atomic E-state index is 0.266. The van der Waals surface area contributed by atoms with Crippen LogP contribution in [-0.4, -0.2) is 43.0 Å². The molecular weight excluding hydrogens is 422 g/mol. The second kappa shape index (κ2) is 10.2. The van der Waals surface area contributed by atoms with Gasteiger partial charge in [-0.3, -0.25) is 4.98 Å². The molecule has 7 nitrogen and oxygen atoms in total. The van der Waals surface area contributed by atoms with Gasteiger partial charge >= 0.3 is 0 Å². The van der Waals surface area contributed by atoms with E-state index in [0.29, 0.717) is 25.0 Å². The van der Waals surface area contributed by atoms with E-state index in [0.717, 1.165) is 22.1 Å². The van der Waals surface area contributed by atoms with Crippen LogP contribution < -0.4 is 10.0 Å². The molecule has 0 saturated carbocycles. The molecule has 2 heterocycles. The molecule has 0 spiro atoms. The minimum Gasteiger partial charge on any atom is -0.312 e. The van der Waals surface area contributed by atoms with E-state index in [1.54, 1.807) is 43.0 Å². The fourth-order valence-corrected chi connectivity index (χ4v) is 4.55. The fourth-order valence-electron chi connectivity index (χ4n) is 3.29. The minimum atomic E-state index is -3.59. The highest BCUT2D eigenvalue weighted by Gasteiger charge is 2.16. The third-order valence-electron chi connectivity index (χ3n) is 4.90. The molecule has 2 N–H and O–H groups in total. The van der Waals surface area contributed by atoms with Crippen molar-refractivity contribution in [3.63, 3.8) is 0 Å². The number of pyridine rings is 1. The van der Waals surface area contributed by atoms with E-state index < -0.39 is 10.0 Å². The van der Waals surface area contributed by atoms with E-state index in [4.69, 9.17) is 0 Å². The van der Waals surface area contributed by atoms with E-state index in [1.807, 2.05) is 42.5 Å². The maximum absolute atomic E-state index is 12.7. The lowest BCUT2D eigenvalue weighted by atomic mass is 10.1. The van der Waals surface area contributed by atoms with Gasteiger partial charge in [-0.05, 0) is 23.3 Å². The van der Waals surface area contributed by atoms with E-state index in [2.05, 4.69) is 25.0 Å². The molecule has 0 aliphatic heterocycles. The predicted molar refractivity (Wildman–Crippen MR) is 126 cm³/mol. The van der Waals surface area contributed by atoms with Crippen molar-refractivity contribution in [2.75, 3.05) is 19.6 Å². The molecule has 0 bridgehead atoms. The quantitative estimate of drug-likeness (QED) is 0.384. The van der Waals surface area contributed by atoms with Gasteiger partial charge < -0.3 is 5.32 Å². The van der Waals surface area contributed by atoms with E-state index in [-0.39, 0.29) is 4.90 Å². The Morgan fingerprint density at radius 3 is 2.47 bits per heavy atom. The Bertz CT molecular complexity index is 1300. The summed E-state index contributed by atoms with van der Waals surface area (Å²) in [5, 5.41) is 4.67. The Hall–Kier alpha value is -3.46. The summed E-state index contributed by atoms with van der Waals surface area (Å²) in [6, 6.07) is 15.0. The first-order chi connectivity index (χ1) is 15.6. The van der Waals surface area contributed by atoms with Crippen LogP contribution in [0.3, 0.4) is 0 Å². The summed E-state index contributed by atoms with van der Waals surface area (Å²) in [5.74, 6) is 0. The maximum atomic E-state index is 12.7. The number of nitrogens with zero attached hydrogens (tertiary/aromatic N) is 3. The molecule has 4 rings (SSSR count). The summed E-state index contributed by atoms with van der Waals surface area (Å²) in [5.41, 5.74) is 3.13. The summed E-state index contributed by atoms with van der Waals surface area (Å²) < 4.78 is 28.0. The number of hydrogen-bond acceptors (Lipinski definition) is 6. The third-order valence-corrected chi connectivity index (χ3v) is 6.42. The molecule has 2 aromatic heterocycles. The Balaban J connectivity index is 1.24. The number of nitrogens with one attached hydrogen (secondary N) is 2. The first-order valence-electron chi connectivity index (χ1n) is 10.2. The average Bonchev–Trinajstić information content (AvgIpc) is 2.84. The molecule has 0 fully saturated rings. The number of rotatable bonds is 9. The number of benzene rings is 2. The number of fused-ring (bicyclic) bond motifs is 1. The van der Waals surface area contributed by atoms with Crippen LogP contribution in [0.25, 0.3) is 28.0 Å². The molecule has 0 radical (unpaired) electrons. The molecule has 0 aliphatic rings. The second-order valence-corrected chi connectivity index (χ2v) is 8.84. The van der Waals surface area contributed by atoms with Crippen LogP contribution in [0.1, 0.15) is 5.56 Å². The van der Waals surface area contributed by atoms with Gasteiger partial charge in [-0.1, -0.05) is 48.6 Å². The lowest BCUT2D eigenvalue weighted by molar-refractivity contribution is 0.579. The highest BCUT2D eigenvalue weighted by atomic mass is 32.2. The maximum Gasteiger partial charge on any atom is 0.241 e. The van der Waals surface area contributed by atoms with Gasteiger partial charge in [0.1, 0.15) is 6.33 Å². The lowest BCUT2D eigenvalue weighted by Gasteiger charge is -2.09. The summed E-state index contributed by atoms with van der Waals surface area (Å²) in [4.78, 5) is 12.4. The van der Waals surface area contributed by atoms with Crippen LogP contribution >= 0.6 is 0 Å². The lowest BCUT2D eigenvalue weighted by Crippen LogP contribution is -2.32. The molecule has 0 amide bonds. The highest BCUT2D eigenvalue weighted by Crippen LogP contribution is 2.21. The van der Waals surface area contributed by atoms with Crippen molar-refractivity contribution in [3.8, 4) is 11.1 Å². The van der Waals surface area contributed by atoms with Crippen molar-refractivity contribution in [2.45, 2.75) is 4.90 Å². The smallest absolute Gasteiger partial charge is 0.241 e. The van der Waals surface area contributed by atoms with Crippen LogP contribution in [0, 0.1) is 0 Å². The van der Waals surface area contributed by atoms with Crippen molar-refractivity contribution < 1.29 is 8.42 Å². The predicted octanol–water partition coefficient (Wildman–Crippen LogP) is 3.27. The average molecular weight is 446 g/mol. The summed E-state index contributed by atoms with van der Waals surface area (Å²) >= 11 is 0. The molecule has 0 saturated heterocycles. The molecule has 162 valence electrons. The molecular formula is C24H23N5O2S. The zero-order valence-electron chi connectivity index (χ0n) is 17.3. The molecule has 32 heavy (non-hydrogen) atoms. The number of sulfonamides is 1. The van der Waals surface area contributed by atoms with Gasteiger partial charge in [-0.25, -0.2) is 23.1 Å². The topological polar surface area (TPSA) is 96.9 Å². The van der Waals surface area contributed by atoms with Crippen LogP contribution in [0.5, 0.6) is 0 Å². The van der Waals surface area contributed by atoms with Crippen molar-refractivity contribution >= 4 is 26.9 Å². The fraction of sp³-hybridized carbons (Fsp3) is 0.125. The number of aromatic nitrogens is 3. The van der Waals surface area contributed by atoms with Crippen molar-refractivity contribution in [3.05, 3.63) is 91.3 Å². The molecule has 8 heteroatoms. The van der Waals surface area contributed by atoms with Gasteiger partial charge in [0.25, 0.3) is 0 Å². The van der Waals surface area contributed by atoms with Gasteiger partial charge in [0.15, 0.2) is 0 Å². The summed E-state index contributed by atoms with van der Waals surface area (Å²) in [6.07, 6.45) is 12.4. The molecule has 2 aromatic carbocycles. The van der Waals surface area contributed by atoms with Gasteiger partial charge in [0.2, 0.25) is 10.0 Å². The Morgan fingerprint density at radius 1 is 0.844 bits per heavy atom. The SMILES string of the molecule is O=S(=O)(NCCNC/C=C/c1ccc(-c2cncnc2)cc1)c1cccc2cnccc12. The van der Waals surface area contributed by atoms with Crippen LogP contribution in [0.15, 0.2) is 90.6 Å². The highest BCUT2D eigenvalue weighted by molar-refractivity contribution is 7.89. The molecule has 0 aliphatic carbocycles. The zero-order chi connectivity index (χ0) is 22.2. The van der Waals surface area contributed by atoms with Crippen molar-refractivity contribution in [2.24, 2.45) is 0 Å². The van der Waals surface area contributed by atoms with E-state index in [9.17, 15) is 8.42 Å². The monoisotopic (exact) mass is 445 g/mol. The molecule has 0 unspecified atom stereocenters. The second-order valence-electron chi connectivity index (χ2n) is 7.11. The van der Waals surface area contributed by atoms with Gasteiger partial charge in [-0.2, -0.15) is 0 Å². The first-order valence-corrected chi connectivity index (χ1v) is 11.7. The standard InChI is InChI=1S/C24H23N5O2S/c30-32(31,24-5-1-4-21-15-26-12-10-23(21)24)29-14-13-25-11-2-3-19-6-8-20(9-7-19)22-16-27-18-28-17-22/h1-10,12,15-18,25,29H,11,13-14H2/b3-2+. The van der Waals surface area contributed by atoms with Crippen LogP contribution in [0.2, 0.25) is 0 Å². The van der Waals surface area contributed by atoms with Gasteiger partial charge in [0, 0.05) is 60.8 Å². The molecule has 0 atom stereocenters. The Morgan fingerprint density at radius 2 is 1.66 bits per heavy atom. The Labute approximate surface area is 187 Å². The summed E-state index contributed by atoms with van der Waals surface area (Å²) in [7, 11) is -3.59. The third kappa shape index (κ3) is 5.42. The van der Waals surface area contributed by atoms with Crippen LogP contribution in [0.4, 0.5) is 0 Å². The van der Waals surface area contributed by atoms with E-state index >= 15 is 0 Å². The van der Waals surface area contributed by atoms with Crippen molar-refractivity contribution in [1.82, 2.24) is 25.0 Å². The first kappa shape index (κ1) is 21.8. The molecule has 4 aromatic rings. The van der Waals surface area contributed by atoms with Crippen molar-refractivity contribution in [1.29, 1.82) is 0 Å².